The number of carbonyl (C=O) groups is 1. The molecule has 0 radical (unpaired) electrons. The average molecular weight is 416 g/mol. The van der Waals surface area contributed by atoms with E-state index in [0.717, 1.165) is 29.3 Å². The molecule has 24 heavy (non-hydrogen) atoms. The average Bonchev–Trinajstić information content (AvgIpc) is 2.80. The van der Waals surface area contributed by atoms with Gasteiger partial charge in [-0.2, -0.15) is 0 Å². The van der Waals surface area contributed by atoms with E-state index < -0.39 is 5.60 Å². The standard InChI is InChI=1S/C18H24BrClN2O2/c1-18(2,3)24-17(23)21-10-8-13-14-11-12(19)6-7-16(14)22-15(13)5-4-9-20/h6-7,11,22H,4-5,8-10H2,1-3H3,(H,21,23). The van der Waals surface area contributed by atoms with Crippen molar-refractivity contribution in [3.05, 3.63) is 33.9 Å². The lowest BCUT2D eigenvalue weighted by molar-refractivity contribution is 0.0528. The monoisotopic (exact) mass is 414 g/mol. The van der Waals surface area contributed by atoms with Crippen LogP contribution in [-0.4, -0.2) is 29.1 Å². The highest BCUT2D eigenvalue weighted by Crippen LogP contribution is 2.27. The van der Waals surface area contributed by atoms with E-state index in [1.165, 1.54) is 16.6 Å². The van der Waals surface area contributed by atoms with E-state index in [-0.39, 0.29) is 6.09 Å². The first kappa shape index (κ1) is 19.1. The van der Waals surface area contributed by atoms with E-state index in [4.69, 9.17) is 16.3 Å². The molecule has 0 bridgehead atoms. The zero-order valence-electron chi connectivity index (χ0n) is 14.3. The highest BCUT2D eigenvalue weighted by atomic mass is 79.9. The van der Waals surface area contributed by atoms with Crippen LogP contribution in [0.5, 0.6) is 0 Å². The summed E-state index contributed by atoms with van der Waals surface area (Å²) in [5.41, 5.74) is 3.04. The number of alkyl halides is 1. The van der Waals surface area contributed by atoms with Crippen LogP contribution in [-0.2, 0) is 17.6 Å². The van der Waals surface area contributed by atoms with Gasteiger partial charge in [-0.3, -0.25) is 0 Å². The number of H-pyrrole nitrogens is 1. The molecule has 0 fully saturated rings. The summed E-state index contributed by atoms with van der Waals surface area (Å²) in [6.07, 6.45) is 2.18. The summed E-state index contributed by atoms with van der Waals surface area (Å²) in [6, 6.07) is 6.19. The molecule has 0 spiro atoms. The van der Waals surface area contributed by atoms with E-state index in [2.05, 4.69) is 38.4 Å². The van der Waals surface area contributed by atoms with E-state index in [0.29, 0.717) is 12.4 Å². The van der Waals surface area contributed by atoms with Crippen molar-refractivity contribution in [3.63, 3.8) is 0 Å². The minimum atomic E-state index is -0.485. The maximum absolute atomic E-state index is 11.8. The number of carbonyl (C=O) groups excluding carboxylic acids is 1. The number of benzene rings is 1. The minimum Gasteiger partial charge on any atom is -0.444 e. The number of halogens is 2. The van der Waals surface area contributed by atoms with Crippen molar-refractivity contribution < 1.29 is 9.53 Å². The largest absolute Gasteiger partial charge is 0.444 e. The molecule has 1 amide bonds. The summed E-state index contributed by atoms with van der Waals surface area (Å²) >= 11 is 9.37. The van der Waals surface area contributed by atoms with E-state index in [1.807, 2.05) is 26.8 Å². The normalized spacial score (nSPS) is 11.7. The zero-order chi connectivity index (χ0) is 17.7. The van der Waals surface area contributed by atoms with Gasteiger partial charge in [-0.05, 0) is 63.8 Å². The first-order valence-electron chi connectivity index (χ1n) is 8.12. The summed E-state index contributed by atoms with van der Waals surface area (Å²) < 4.78 is 6.32. The number of rotatable bonds is 6. The Morgan fingerprint density at radius 1 is 1.33 bits per heavy atom. The number of aromatic amines is 1. The van der Waals surface area contributed by atoms with E-state index in [9.17, 15) is 4.79 Å². The van der Waals surface area contributed by atoms with Gasteiger partial charge in [0, 0.05) is 33.5 Å². The lowest BCUT2D eigenvalue weighted by Crippen LogP contribution is -2.33. The van der Waals surface area contributed by atoms with Crippen molar-refractivity contribution >= 4 is 44.5 Å². The molecule has 0 aliphatic heterocycles. The molecule has 6 heteroatoms. The van der Waals surface area contributed by atoms with Crippen molar-refractivity contribution in [2.24, 2.45) is 0 Å². The topological polar surface area (TPSA) is 54.1 Å². The van der Waals surface area contributed by atoms with Crippen LogP contribution in [0.2, 0.25) is 0 Å². The van der Waals surface area contributed by atoms with Crippen LogP contribution in [0.15, 0.2) is 22.7 Å². The summed E-state index contributed by atoms with van der Waals surface area (Å²) in [7, 11) is 0. The predicted molar refractivity (Wildman–Crippen MR) is 103 cm³/mol. The summed E-state index contributed by atoms with van der Waals surface area (Å²) in [4.78, 5) is 15.3. The molecule has 0 aliphatic carbocycles. The van der Waals surface area contributed by atoms with Gasteiger partial charge in [-0.15, -0.1) is 11.6 Å². The number of aryl methyl sites for hydroxylation is 1. The highest BCUT2D eigenvalue weighted by molar-refractivity contribution is 9.10. The second-order valence-corrected chi connectivity index (χ2v) is 8.04. The summed E-state index contributed by atoms with van der Waals surface area (Å²) in [5.74, 6) is 0.634. The Balaban J connectivity index is 2.11. The first-order valence-corrected chi connectivity index (χ1v) is 9.44. The van der Waals surface area contributed by atoms with Crippen LogP contribution in [0.3, 0.4) is 0 Å². The number of amides is 1. The Labute approximate surface area is 156 Å². The molecule has 1 heterocycles. The van der Waals surface area contributed by atoms with Crippen LogP contribution in [0.25, 0.3) is 10.9 Å². The fourth-order valence-corrected chi connectivity index (χ4v) is 3.12. The number of fused-ring (bicyclic) bond motifs is 1. The highest BCUT2D eigenvalue weighted by Gasteiger charge is 2.16. The number of hydrogen-bond donors (Lipinski definition) is 2. The molecule has 4 nitrogen and oxygen atoms in total. The molecular weight excluding hydrogens is 392 g/mol. The molecule has 2 N–H and O–H groups in total. The summed E-state index contributed by atoms with van der Waals surface area (Å²) in [6.45, 7) is 6.10. The molecule has 0 aliphatic rings. The van der Waals surface area contributed by atoms with Crippen molar-refractivity contribution in [2.75, 3.05) is 12.4 Å². The molecule has 2 aromatic rings. The van der Waals surface area contributed by atoms with Crippen LogP contribution in [0.1, 0.15) is 38.4 Å². The van der Waals surface area contributed by atoms with Crippen molar-refractivity contribution in [3.8, 4) is 0 Å². The molecule has 132 valence electrons. The molecule has 0 atom stereocenters. The van der Waals surface area contributed by atoms with Crippen LogP contribution < -0.4 is 5.32 Å². The van der Waals surface area contributed by atoms with Crippen LogP contribution in [0.4, 0.5) is 4.79 Å². The minimum absolute atomic E-state index is 0.383. The molecule has 0 saturated heterocycles. The van der Waals surface area contributed by atoms with Gasteiger partial charge in [0.25, 0.3) is 0 Å². The van der Waals surface area contributed by atoms with Crippen molar-refractivity contribution in [1.82, 2.24) is 10.3 Å². The summed E-state index contributed by atoms with van der Waals surface area (Å²) in [5, 5.41) is 4.01. The lowest BCUT2D eigenvalue weighted by atomic mass is 10.1. The number of aromatic nitrogens is 1. The lowest BCUT2D eigenvalue weighted by Gasteiger charge is -2.19. The molecule has 2 rings (SSSR count). The fourth-order valence-electron chi connectivity index (χ4n) is 2.62. The number of nitrogens with one attached hydrogen (secondary N) is 2. The van der Waals surface area contributed by atoms with Crippen molar-refractivity contribution in [2.45, 2.75) is 45.6 Å². The van der Waals surface area contributed by atoms with Gasteiger partial charge in [0.2, 0.25) is 0 Å². The van der Waals surface area contributed by atoms with Gasteiger partial charge < -0.3 is 15.0 Å². The van der Waals surface area contributed by atoms with Gasteiger partial charge in [-0.1, -0.05) is 15.9 Å². The molecular formula is C18H24BrClN2O2. The predicted octanol–water partition coefficient (Wildman–Crippen LogP) is 5.17. The van der Waals surface area contributed by atoms with Gasteiger partial charge in [0.15, 0.2) is 0 Å². The van der Waals surface area contributed by atoms with Gasteiger partial charge >= 0.3 is 6.09 Å². The number of ether oxygens (including phenoxy) is 1. The van der Waals surface area contributed by atoms with Crippen LogP contribution >= 0.6 is 27.5 Å². The third-order valence-corrected chi connectivity index (χ3v) is 4.32. The zero-order valence-corrected chi connectivity index (χ0v) is 16.7. The quantitative estimate of drug-likeness (QED) is 0.640. The van der Waals surface area contributed by atoms with E-state index in [1.54, 1.807) is 0 Å². The Morgan fingerprint density at radius 3 is 2.75 bits per heavy atom. The van der Waals surface area contributed by atoms with Gasteiger partial charge in [-0.25, -0.2) is 4.79 Å². The Kier molecular flexibility index (Phi) is 6.58. The maximum atomic E-state index is 11.8. The van der Waals surface area contributed by atoms with Gasteiger partial charge in [0.1, 0.15) is 5.60 Å². The number of alkyl carbamates (subject to hydrolysis) is 1. The number of hydrogen-bond acceptors (Lipinski definition) is 2. The fraction of sp³-hybridized carbons (Fsp3) is 0.500. The third kappa shape index (κ3) is 5.42. The SMILES string of the molecule is CC(C)(C)OC(=O)NCCc1c(CCCCl)[nH]c2ccc(Br)cc12. The maximum Gasteiger partial charge on any atom is 0.407 e. The molecule has 0 unspecified atom stereocenters. The molecule has 0 saturated carbocycles. The third-order valence-electron chi connectivity index (χ3n) is 3.56. The second-order valence-electron chi connectivity index (χ2n) is 6.74. The van der Waals surface area contributed by atoms with Crippen molar-refractivity contribution in [1.29, 1.82) is 0 Å². The van der Waals surface area contributed by atoms with Crippen LogP contribution in [0, 0.1) is 0 Å². The second kappa shape index (κ2) is 8.26. The van der Waals surface area contributed by atoms with Gasteiger partial charge in [0.05, 0.1) is 0 Å². The first-order chi connectivity index (χ1) is 11.3. The Bertz CT molecular complexity index is 707. The Morgan fingerprint density at radius 2 is 2.08 bits per heavy atom. The van der Waals surface area contributed by atoms with E-state index >= 15 is 0 Å². The Hall–Kier alpha value is -1.20. The molecule has 1 aromatic carbocycles. The smallest absolute Gasteiger partial charge is 0.407 e. The molecule has 1 aromatic heterocycles.